The van der Waals surface area contributed by atoms with Crippen LogP contribution in [0, 0.1) is 3.57 Å². The molecule has 23 heavy (non-hydrogen) atoms. The maximum absolute atomic E-state index is 12.2. The number of thiazole rings is 1. The first-order valence-corrected chi connectivity index (χ1v) is 9.23. The molecule has 0 unspecified atom stereocenters. The number of hydrogen-bond donors (Lipinski definition) is 2. The van der Waals surface area contributed by atoms with E-state index in [4.69, 9.17) is 0 Å². The predicted octanol–water partition coefficient (Wildman–Crippen LogP) is 4.27. The molecule has 5 nitrogen and oxygen atoms in total. The Hall–Kier alpha value is -1.74. The van der Waals surface area contributed by atoms with Crippen molar-refractivity contribution in [1.29, 1.82) is 0 Å². The molecule has 0 aliphatic heterocycles. The van der Waals surface area contributed by atoms with Crippen molar-refractivity contribution in [3.63, 3.8) is 0 Å². The quantitative estimate of drug-likeness (QED) is 0.601. The van der Waals surface area contributed by atoms with Crippen LogP contribution in [0.5, 0.6) is 0 Å². The van der Waals surface area contributed by atoms with Gasteiger partial charge in [0.25, 0.3) is 5.91 Å². The largest absolute Gasteiger partial charge is 0.296 e. The van der Waals surface area contributed by atoms with E-state index in [0.29, 0.717) is 16.7 Å². The fourth-order valence-electron chi connectivity index (χ4n) is 2.30. The fourth-order valence-corrected chi connectivity index (χ4v) is 3.38. The van der Waals surface area contributed by atoms with Gasteiger partial charge in [-0.3, -0.25) is 15.2 Å². The average molecular weight is 436 g/mol. The van der Waals surface area contributed by atoms with Crippen LogP contribution in [0.25, 0.3) is 11.3 Å². The van der Waals surface area contributed by atoms with Crippen LogP contribution in [-0.2, 0) is 0 Å². The lowest BCUT2D eigenvalue weighted by atomic mass is 10.2. The minimum atomic E-state index is -0.225. The number of H-pyrrole nitrogens is 1. The highest BCUT2D eigenvalue weighted by atomic mass is 127. The first-order chi connectivity index (χ1) is 11.2. The van der Waals surface area contributed by atoms with Crippen molar-refractivity contribution in [2.45, 2.75) is 18.8 Å². The third-order valence-corrected chi connectivity index (χ3v) is 5.19. The van der Waals surface area contributed by atoms with Gasteiger partial charge in [0.05, 0.1) is 5.69 Å². The molecule has 1 aromatic carbocycles. The van der Waals surface area contributed by atoms with Gasteiger partial charge in [0.15, 0.2) is 10.8 Å². The van der Waals surface area contributed by atoms with E-state index in [1.165, 1.54) is 27.7 Å². The standard InChI is InChI=1S/C16H13IN4OS/c17-11-5-3-10(4-6-11)14-8-23-16(18-14)19-15(22)13-7-12(20-21-13)9-1-2-9/h3-9H,1-2H2,(H,20,21)(H,18,19,22). The summed E-state index contributed by atoms with van der Waals surface area (Å²) in [6.45, 7) is 0. The first-order valence-electron chi connectivity index (χ1n) is 7.27. The van der Waals surface area contributed by atoms with Crippen molar-refractivity contribution in [3.05, 3.63) is 50.7 Å². The minimum Gasteiger partial charge on any atom is -0.296 e. The van der Waals surface area contributed by atoms with Gasteiger partial charge >= 0.3 is 0 Å². The molecule has 2 N–H and O–H groups in total. The Morgan fingerprint density at radius 2 is 2.09 bits per heavy atom. The summed E-state index contributed by atoms with van der Waals surface area (Å²) in [5.74, 6) is 0.327. The van der Waals surface area contributed by atoms with Gasteiger partial charge in [0.2, 0.25) is 0 Å². The van der Waals surface area contributed by atoms with E-state index in [2.05, 4.69) is 43.1 Å². The van der Waals surface area contributed by atoms with Gasteiger partial charge < -0.3 is 0 Å². The number of carbonyl (C=O) groups excluding carboxylic acids is 1. The summed E-state index contributed by atoms with van der Waals surface area (Å²) in [7, 11) is 0. The van der Waals surface area contributed by atoms with Gasteiger partial charge in [-0.2, -0.15) is 5.10 Å². The molecule has 0 saturated heterocycles. The summed E-state index contributed by atoms with van der Waals surface area (Å²) in [6, 6.07) is 9.96. The molecule has 0 radical (unpaired) electrons. The van der Waals surface area contributed by atoms with Crippen molar-refractivity contribution in [3.8, 4) is 11.3 Å². The molecule has 7 heteroatoms. The monoisotopic (exact) mass is 436 g/mol. The second-order valence-electron chi connectivity index (χ2n) is 5.48. The summed E-state index contributed by atoms with van der Waals surface area (Å²) >= 11 is 3.68. The molecule has 1 aliphatic carbocycles. The Morgan fingerprint density at radius 3 is 2.83 bits per heavy atom. The lowest BCUT2D eigenvalue weighted by Gasteiger charge is -1.98. The second kappa shape index (κ2) is 6.04. The number of aromatic amines is 1. The summed E-state index contributed by atoms with van der Waals surface area (Å²) in [6.07, 6.45) is 2.35. The number of aromatic nitrogens is 3. The van der Waals surface area contributed by atoms with Gasteiger partial charge in [0, 0.05) is 26.1 Å². The van der Waals surface area contributed by atoms with Crippen molar-refractivity contribution >= 4 is 45.0 Å². The van der Waals surface area contributed by atoms with Crippen LogP contribution < -0.4 is 5.32 Å². The number of rotatable bonds is 4. The molecule has 4 rings (SSSR count). The zero-order chi connectivity index (χ0) is 15.8. The van der Waals surface area contributed by atoms with Crippen LogP contribution in [0.4, 0.5) is 5.13 Å². The molecule has 0 bridgehead atoms. The van der Waals surface area contributed by atoms with Crippen LogP contribution >= 0.6 is 33.9 Å². The summed E-state index contributed by atoms with van der Waals surface area (Å²) in [5.41, 5.74) is 3.37. The molecule has 1 amide bonds. The fraction of sp³-hybridized carbons (Fsp3) is 0.188. The predicted molar refractivity (Wildman–Crippen MR) is 98.8 cm³/mol. The van der Waals surface area contributed by atoms with E-state index in [1.807, 2.05) is 35.7 Å². The number of hydrogen-bond acceptors (Lipinski definition) is 4. The molecule has 1 aliphatic rings. The highest BCUT2D eigenvalue weighted by Crippen LogP contribution is 2.39. The third-order valence-electron chi connectivity index (χ3n) is 3.71. The van der Waals surface area contributed by atoms with Crippen LogP contribution in [0.2, 0.25) is 0 Å². The van der Waals surface area contributed by atoms with E-state index >= 15 is 0 Å². The van der Waals surface area contributed by atoms with Gasteiger partial charge in [-0.15, -0.1) is 11.3 Å². The lowest BCUT2D eigenvalue weighted by Crippen LogP contribution is -2.12. The summed E-state index contributed by atoms with van der Waals surface area (Å²) in [5, 5.41) is 12.4. The highest BCUT2D eigenvalue weighted by molar-refractivity contribution is 14.1. The molecule has 2 aromatic heterocycles. The minimum absolute atomic E-state index is 0.225. The number of benzene rings is 1. The van der Waals surface area contributed by atoms with Crippen LogP contribution in [0.1, 0.15) is 34.9 Å². The van der Waals surface area contributed by atoms with Crippen molar-refractivity contribution in [1.82, 2.24) is 15.2 Å². The van der Waals surface area contributed by atoms with Gasteiger partial charge in [0.1, 0.15) is 0 Å². The Morgan fingerprint density at radius 1 is 1.30 bits per heavy atom. The molecular formula is C16H13IN4OS. The van der Waals surface area contributed by atoms with Gasteiger partial charge in [-0.05, 0) is 53.6 Å². The molecular weight excluding hydrogens is 423 g/mol. The summed E-state index contributed by atoms with van der Waals surface area (Å²) < 4.78 is 1.18. The van der Waals surface area contributed by atoms with Gasteiger partial charge in [-0.25, -0.2) is 4.98 Å². The van der Waals surface area contributed by atoms with Gasteiger partial charge in [-0.1, -0.05) is 12.1 Å². The van der Waals surface area contributed by atoms with Crippen molar-refractivity contribution < 1.29 is 4.79 Å². The zero-order valence-electron chi connectivity index (χ0n) is 12.0. The number of nitrogens with zero attached hydrogens (tertiary/aromatic N) is 2. The molecule has 1 saturated carbocycles. The van der Waals surface area contributed by atoms with Crippen molar-refractivity contribution in [2.75, 3.05) is 5.32 Å². The Kier molecular flexibility index (Phi) is 3.90. The Labute approximate surface area is 150 Å². The first kappa shape index (κ1) is 14.8. The lowest BCUT2D eigenvalue weighted by molar-refractivity contribution is 0.102. The molecule has 1 fully saturated rings. The molecule has 0 atom stereocenters. The second-order valence-corrected chi connectivity index (χ2v) is 7.59. The third kappa shape index (κ3) is 3.30. The number of halogens is 1. The Bertz CT molecular complexity index is 851. The maximum atomic E-state index is 12.2. The van der Waals surface area contributed by atoms with Crippen LogP contribution in [0.15, 0.2) is 35.7 Å². The average Bonchev–Trinajstić information content (AvgIpc) is 3.10. The summed E-state index contributed by atoms with van der Waals surface area (Å²) in [4.78, 5) is 16.7. The highest BCUT2D eigenvalue weighted by Gasteiger charge is 2.26. The SMILES string of the molecule is O=C(Nc1nc(-c2ccc(I)cc2)cs1)c1cc(C2CC2)[nH]n1. The number of anilines is 1. The molecule has 0 spiro atoms. The number of amides is 1. The van der Waals surface area contributed by atoms with E-state index in [0.717, 1.165) is 17.0 Å². The maximum Gasteiger partial charge on any atom is 0.277 e. The van der Waals surface area contributed by atoms with E-state index in [9.17, 15) is 4.79 Å². The van der Waals surface area contributed by atoms with E-state index in [-0.39, 0.29) is 5.91 Å². The normalized spacial score (nSPS) is 14.0. The van der Waals surface area contributed by atoms with Crippen molar-refractivity contribution in [2.24, 2.45) is 0 Å². The van der Waals surface area contributed by atoms with E-state index < -0.39 is 0 Å². The van der Waals surface area contributed by atoms with Crippen LogP contribution in [-0.4, -0.2) is 21.1 Å². The Balaban J connectivity index is 1.48. The molecule has 2 heterocycles. The molecule has 116 valence electrons. The van der Waals surface area contributed by atoms with E-state index in [1.54, 1.807) is 0 Å². The topological polar surface area (TPSA) is 70.7 Å². The zero-order valence-corrected chi connectivity index (χ0v) is 15.0. The number of nitrogens with one attached hydrogen (secondary N) is 2. The smallest absolute Gasteiger partial charge is 0.277 e. The number of carbonyl (C=O) groups is 1. The molecule has 3 aromatic rings. The van der Waals surface area contributed by atoms with Crippen LogP contribution in [0.3, 0.4) is 0 Å².